The van der Waals surface area contributed by atoms with E-state index in [9.17, 15) is 9.59 Å². The fourth-order valence-electron chi connectivity index (χ4n) is 4.08. The topological polar surface area (TPSA) is 86.5 Å². The number of carbonyl (C=O) groups is 2. The zero-order chi connectivity index (χ0) is 22.4. The van der Waals surface area contributed by atoms with Crippen LogP contribution in [-0.2, 0) is 6.54 Å². The molecule has 0 unspecified atom stereocenters. The van der Waals surface area contributed by atoms with Crippen LogP contribution in [0.1, 0.15) is 32.0 Å². The van der Waals surface area contributed by atoms with Gasteiger partial charge in [-0.1, -0.05) is 30.3 Å². The average molecular weight is 428 g/mol. The van der Waals surface area contributed by atoms with Crippen molar-refractivity contribution in [2.24, 2.45) is 0 Å². The number of hydrogen-bond acceptors (Lipinski definition) is 6. The summed E-state index contributed by atoms with van der Waals surface area (Å²) in [6, 6.07) is 14.8. The van der Waals surface area contributed by atoms with Crippen molar-refractivity contribution in [3.8, 4) is 11.5 Å². The van der Waals surface area contributed by atoms with E-state index in [4.69, 9.17) is 9.47 Å². The van der Waals surface area contributed by atoms with E-state index in [1.54, 1.807) is 22.9 Å². The lowest BCUT2D eigenvalue weighted by Crippen LogP contribution is -2.29. The van der Waals surface area contributed by atoms with E-state index >= 15 is 0 Å². The highest BCUT2D eigenvalue weighted by molar-refractivity contribution is 6.37. The molecule has 0 N–H and O–H groups in total. The Labute approximate surface area is 184 Å². The van der Waals surface area contributed by atoms with Crippen LogP contribution in [0.3, 0.4) is 0 Å². The number of aryl methyl sites for hydroxylation is 1. The summed E-state index contributed by atoms with van der Waals surface area (Å²) < 4.78 is 12.4. The fraction of sp³-hybridized carbons (Fsp3) is 0.167. The summed E-state index contributed by atoms with van der Waals surface area (Å²) in [5.41, 5.74) is 3.19. The summed E-state index contributed by atoms with van der Waals surface area (Å²) in [7, 11) is 3.02. The van der Waals surface area contributed by atoms with Crippen LogP contribution in [0.4, 0.5) is 5.69 Å². The van der Waals surface area contributed by atoms with E-state index in [-0.39, 0.29) is 5.56 Å². The van der Waals surface area contributed by atoms with Gasteiger partial charge in [-0.25, -0.2) is 14.6 Å². The van der Waals surface area contributed by atoms with Crippen LogP contribution in [0.5, 0.6) is 11.5 Å². The molecule has 8 nitrogen and oxygen atoms in total. The maximum atomic E-state index is 13.5. The highest BCUT2D eigenvalue weighted by atomic mass is 16.5. The Kier molecular flexibility index (Phi) is 4.62. The third kappa shape index (κ3) is 2.91. The summed E-state index contributed by atoms with van der Waals surface area (Å²) in [5.74, 6) is 0.0464. The summed E-state index contributed by atoms with van der Waals surface area (Å²) in [5, 5.41) is 5.20. The molecule has 32 heavy (non-hydrogen) atoms. The Morgan fingerprint density at radius 3 is 2.47 bits per heavy atom. The van der Waals surface area contributed by atoms with Crippen LogP contribution in [0.25, 0.3) is 11.0 Å². The number of fused-ring (bicyclic) bond motifs is 3. The van der Waals surface area contributed by atoms with Crippen LogP contribution in [0, 0.1) is 6.92 Å². The first-order chi connectivity index (χ1) is 15.5. The molecular weight excluding hydrogens is 408 g/mol. The number of amides is 2. The molecule has 3 heterocycles. The molecule has 0 spiro atoms. The standard InChI is InChI=1S/C24H20N4O4/c1-14-20-21-17(12-25-22(20)27(26-14)13-15-7-5-4-6-8-15)23(29)28(24(21)30)18-10-9-16(31-2)11-19(18)32-3/h4-12H,13H2,1-3H3. The number of rotatable bonds is 5. The van der Waals surface area contributed by atoms with E-state index in [1.807, 2.05) is 37.3 Å². The number of nitrogens with zero attached hydrogens (tertiary/aromatic N) is 4. The quantitative estimate of drug-likeness (QED) is 0.452. The van der Waals surface area contributed by atoms with Crippen LogP contribution >= 0.6 is 0 Å². The van der Waals surface area contributed by atoms with Crippen molar-refractivity contribution >= 4 is 28.5 Å². The Morgan fingerprint density at radius 1 is 0.969 bits per heavy atom. The first kappa shape index (κ1) is 19.7. The van der Waals surface area contributed by atoms with Gasteiger partial charge in [-0.3, -0.25) is 9.59 Å². The van der Waals surface area contributed by atoms with Gasteiger partial charge in [0.25, 0.3) is 11.8 Å². The Balaban J connectivity index is 1.63. The molecule has 4 aromatic rings. The predicted molar refractivity (Wildman–Crippen MR) is 118 cm³/mol. The first-order valence-corrected chi connectivity index (χ1v) is 10.0. The molecule has 0 bridgehead atoms. The molecule has 2 aromatic carbocycles. The van der Waals surface area contributed by atoms with Gasteiger partial charge in [0.05, 0.1) is 48.7 Å². The van der Waals surface area contributed by atoms with Crippen LogP contribution in [0.15, 0.2) is 54.7 Å². The van der Waals surface area contributed by atoms with Gasteiger partial charge in [-0.15, -0.1) is 0 Å². The molecule has 0 fully saturated rings. The number of ether oxygens (including phenoxy) is 2. The molecule has 0 saturated carbocycles. The lowest BCUT2D eigenvalue weighted by Gasteiger charge is -2.18. The minimum atomic E-state index is -0.446. The van der Waals surface area contributed by atoms with Crippen LogP contribution < -0.4 is 14.4 Å². The largest absolute Gasteiger partial charge is 0.497 e. The lowest BCUT2D eigenvalue weighted by atomic mass is 10.1. The second-order valence-electron chi connectivity index (χ2n) is 7.46. The fourth-order valence-corrected chi connectivity index (χ4v) is 4.08. The highest BCUT2D eigenvalue weighted by Crippen LogP contribution is 2.39. The number of imide groups is 1. The van der Waals surface area contributed by atoms with E-state index < -0.39 is 11.8 Å². The van der Waals surface area contributed by atoms with E-state index in [1.165, 1.54) is 20.4 Å². The predicted octanol–water partition coefficient (Wildman–Crippen LogP) is 3.61. The zero-order valence-corrected chi connectivity index (χ0v) is 17.8. The first-order valence-electron chi connectivity index (χ1n) is 10.0. The maximum absolute atomic E-state index is 13.5. The summed E-state index contributed by atoms with van der Waals surface area (Å²) in [4.78, 5) is 32.4. The van der Waals surface area contributed by atoms with Crippen LogP contribution in [0.2, 0.25) is 0 Å². The van der Waals surface area contributed by atoms with E-state index in [0.717, 1.165) is 10.5 Å². The molecule has 2 amide bonds. The number of methoxy groups -OCH3 is 2. The van der Waals surface area contributed by atoms with Crippen molar-refractivity contribution in [1.82, 2.24) is 14.8 Å². The number of carbonyl (C=O) groups excluding carboxylic acids is 2. The number of benzene rings is 2. The third-order valence-corrected chi connectivity index (χ3v) is 5.59. The van der Waals surface area contributed by atoms with Gasteiger partial charge < -0.3 is 9.47 Å². The minimum absolute atomic E-state index is 0.253. The van der Waals surface area contributed by atoms with Crippen LogP contribution in [-0.4, -0.2) is 40.8 Å². The molecule has 1 aliphatic rings. The Bertz CT molecular complexity index is 1380. The number of anilines is 1. The average Bonchev–Trinajstić information content (AvgIpc) is 3.27. The highest BCUT2D eigenvalue weighted by Gasteiger charge is 2.41. The molecule has 5 rings (SSSR count). The van der Waals surface area contributed by atoms with Gasteiger partial charge in [0.1, 0.15) is 11.5 Å². The molecule has 2 aromatic heterocycles. The van der Waals surface area contributed by atoms with E-state index in [2.05, 4.69) is 10.1 Å². The SMILES string of the molecule is COc1ccc(N2C(=O)c3cnc4c(c(C)nn4Cc4ccccc4)c3C2=O)c(OC)c1. The lowest BCUT2D eigenvalue weighted by molar-refractivity contribution is 0.0925. The molecule has 0 aliphatic carbocycles. The van der Waals surface area contributed by atoms with Gasteiger partial charge in [-0.2, -0.15) is 5.10 Å². The summed E-state index contributed by atoms with van der Waals surface area (Å²) >= 11 is 0. The number of pyridine rings is 1. The molecule has 0 saturated heterocycles. The van der Waals surface area contributed by atoms with Gasteiger partial charge in [-0.05, 0) is 24.6 Å². The second kappa shape index (κ2) is 7.49. The van der Waals surface area contributed by atoms with Gasteiger partial charge in [0, 0.05) is 12.3 Å². The van der Waals surface area contributed by atoms with Crippen molar-refractivity contribution in [2.45, 2.75) is 13.5 Å². The second-order valence-corrected chi connectivity index (χ2v) is 7.46. The monoisotopic (exact) mass is 428 g/mol. The minimum Gasteiger partial charge on any atom is -0.497 e. The third-order valence-electron chi connectivity index (χ3n) is 5.59. The van der Waals surface area contributed by atoms with Crippen molar-refractivity contribution in [1.29, 1.82) is 0 Å². The maximum Gasteiger partial charge on any atom is 0.267 e. The molecule has 8 heteroatoms. The van der Waals surface area contributed by atoms with Crippen molar-refractivity contribution in [3.05, 3.63) is 77.1 Å². The molecule has 0 atom stereocenters. The van der Waals surface area contributed by atoms with Gasteiger partial charge in [0.2, 0.25) is 0 Å². The summed E-state index contributed by atoms with van der Waals surface area (Å²) in [6.45, 7) is 2.33. The smallest absolute Gasteiger partial charge is 0.267 e. The Hall–Kier alpha value is -4.20. The zero-order valence-electron chi connectivity index (χ0n) is 17.8. The van der Waals surface area contributed by atoms with E-state index in [0.29, 0.717) is 46.0 Å². The van der Waals surface area contributed by atoms with Gasteiger partial charge in [0.15, 0.2) is 5.65 Å². The van der Waals surface area contributed by atoms with Crippen molar-refractivity contribution < 1.29 is 19.1 Å². The molecule has 1 aliphatic heterocycles. The molecule has 160 valence electrons. The summed E-state index contributed by atoms with van der Waals surface area (Å²) in [6.07, 6.45) is 1.45. The van der Waals surface area contributed by atoms with Crippen molar-refractivity contribution in [3.63, 3.8) is 0 Å². The molecular formula is C24H20N4O4. The number of aromatic nitrogens is 3. The van der Waals surface area contributed by atoms with Crippen molar-refractivity contribution in [2.75, 3.05) is 19.1 Å². The Morgan fingerprint density at radius 2 is 1.75 bits per heavy atom. The number of hydrogen-bond donors (Lipinski definition) is 0. The molecule has 0 radical (unpaired) electrons. The normalized spacial score (nSPS) is 13.0. The van der Waals surface area contributed by atoms with Gasteiger partial charge >= 0.3 is 0 Å².